The fraction of sp³-hybridized carbons (Fsp3) is 0.636. The maximum Gasteiger partial charge on any atom is 0.250 e. The number of hydrogen-bond acceptors (Lipinski definition) is 5. The second kappa shape index (κ2) is 9.16. The number of amides is 2. The first-order valence-corrected chi connectivity index (χ1v) is 12.9. The molecule has 0 radical (unpaired) electrons. The number of benzene rings is 1. The summed E-state index contributed by atoms with van der Waals surface area (Å²) in [4.78, 5) is 29.7. The summed E-state index contributed by atoms with van der Waals surface area (Å²) in [5, 5.41) is 2.87. The molecule has 0 aliphatic carbocycles. The lowest BCUT2D eigenvalue weighted by Gasteiger charge is -2.45. The van der Waals surface area contributed by atoms with Crippen LogP contribution in [0.3, 0.4) is 0 Å². The number of carbonyl (C=O) groups is 2. The van der Waals surface area contributed by atoms with Crippen LogP contribution < -0.4 is 15.1 Å². The predicted molar refractivity (Wildman–Crippen MR) is 120 cm³/mol. The molecule has 1 N–H and O–H groups in total. The minimum atomic E-state index is -3.61. The zero-order valence-corrected chi connectivity index (χ0v) is 19.0. The van der Waals surface area contributed by atoms with Gasteiger partial charge in [-0.2, -0.15) is 4.31 Å². The normalized spacial score (nSPS) is 21.7. The molecule has 3 aliphatic rings. The minimum Gasteiger partial charge on any atom is -0.358 e. The molecule has 1 aromatic carbocycles. The van der Waals surface area contributed by atoms with Gasteiger partial charge < -0.3 is 10.2 Å². The van der Waals surface area contributed by atoms with Gasteiger partial charge in [0, 0.05) is 26.2 Å². The van der Waals surface area contributed by atoms with Crippen LogP contribution in [-0.2, 0) is 19.6 Å². The molecule has 1 atom stereocenters. The van der Waals surface area contributed by atoms with Crippen LogP contribution in [0.25, 0.3) is 0 Å². The van der Waals surface area contributed by atoms with Gasteiger partial charge in [-0.15, -0.1) is 0 Å². The fourth-order valence-corrected chi connectivity index (χ4v) is 6.28. The number of nitrogens with zero attached hydrogens (tertiary/aromatic N) is 3. The molecular formula is C22H32N4O4S. The first kappa shape index (κ1) is 22.1. The van der Waals surface area contributed by atoms with Crippen molar-refractivity contribution in [3.05, 3.63) is 18.2 Å². The van der Waals surface area contributed by atoms with E-state index in [1.54, 1.807) is 12.1 Å². The monoisotopic (exact) mass is 448 g/mol. The minimum absolute atomic E-state index is 0.0902. The lowest BCUT2D eigenvalue weighted by molar-refractivity contribution is -0.125. The third-order valence-corrected chi connectivity index (χ3v) is 8.35. The van der Waals surface area contributed by atoms with Crippen LogP contribution in [-0.4, -0.2) is 63.3 Å². The summed E-state index contributed by atoms with van der Waals surface area (Å²) in [5.41, 5.74) is 1.36. The van der Waals surface area contributed by atoms with Gasteiger partial charge in [-0.1, -0.05) is 13.3 Å². The van der Waals surface area contributed by atoms with Gasteiger partial charge in [0.1, 0.15) is 12.6 Å². The van der Waals surface area contributed by atoms with Crippen molar-refractivity contribution in [3.63, 3.8) is 0 Å². The summed E-state index contributed by atoms with van der Waals surface area (Å²) in [6.07, 6.45) is 6.30. The molecule has 170 valence electrons. The molecule has 2 amide bonds. The van der Waals surface area contributed by atoms with E-state index in [9.17, 15) is 18.0 Å². The molecule has 31 heavy (non-hydrogen) atoms. The fourth-order valence-electron chi connectivity index (χ4n) is 4.74. The van der Waals surface area contributed by atoms with Crippen LogP contribution >= 0.6 is 0 Å². The van der Waals surface area contributed by atoms with Crippen molar-refractivity contribution < 1.29 is 18.0 Å². The zero-order chi connectivity index (χ0) is 22.0. The Bertz CT molecular complexity index is 943. The number of sulfonamides is 1. The predicted octanol–water partition coefficient (Wildman–Crippen LogP) is 2.09. The number of rotatable bonds is 7. The smallest absolute Gasteiger partial charge is 0.250 e. The SMILES string of the molecule is CCCCNC(=O)CN1C(=O)[C@H]2CCCCN2c2ccc(S(=O)(=O)N3CCCC3)cc21. The Labute approximate surface area is 184 Å². The average Bonchev–Trinajstić information content (AvgIpc) is 3.32. The van der Waals surface area contributed by atoms with Crippen molar-refractivity contribution in [3.8, 4) is 0 Å². The Balaban J connectivity index is 1.68. The highest BCUT2D eigenvalue weighted by molar-refractivity contribution is 7.89. The molecule has 0 saturated carbocycles. The molecule has 0 bridgehead atoms. The largest absolute Gasteiger partial charge is 0.358 e. The van der Waals surface area contributed by atoms with E-state index in [1.807, 2.05) is 6.07 Å². The van der Waals surface area contributed by atoms with E-state index in [1.165, 1.54) is 9.21 Å². The summed E-state index contributed by atoms with van der Waals surface area (Å²) in [5.74, 6) is -0.335. The van der Waals surface area contributed by atoms with Crippen LogP contribution in [0.4, 0.5) is 11.4 Å². The maximum atomic E-state index is 13.3. The van der Waals surface area contributed by atoms with Crippen LogP contribution in [0.1, 0.15) is 51.9 Å². The summed E-state index contributed by atoms with van der Waals surface area (Å²) in [7, 11) is -3.61. The Hall–Kier alpha value is -2.13. The van der Waals surface area contributed by atoms with Gasteiger partial charge in [0.2, 0.25) is 21.8 Å². The molecule has 8 nitrogen and oxygen atoms in total. The van der Waals surface area contributed by atoms with Crippen LogP contribution in [0, 0.1) is 0 Å². The van der Waals surface area contributed by atoms with Crippen molar-refractivity contribution >= 4 is 33.2 Å². The van der Waals surface area contributed by atoms with Gasteiger partial charge in [0.15, 0.2) is 0 Å². The first-order valence-electron chi connectivity index (χ1n) is 11.4. The molecule has 0 aromatic heterocycles. The van der Waals surface area contributed by atoms with E-state index in [4.69, 9.17) is 0 Å². The average molecular weight is 449 g/mol. The van der Waals surface area contributed by atoms with Crippen molar-refractivity contribution in [2.75, 3.05) is 42.5 Å². The Kier molecular flexibility index (Phi) is 6.52. The lowest BCUT2D eigenvalue weighted by Crippen LogP contribution is -2.57. The highest BCUT2D eigenvalue weighted by Gasteiger charge is 2.41. The van der Waals surface area contributed by atoms with Crippen LogP contribution in [0.2, 0.25) is 0 Å². The summed E-state index contributed by atoms with van der Waals surface area (Å²) >= 11 is 0. The lowest BCUT2D eigenvalue weighted by atomic mass is 9.96. The molecule has 3 heterocycles. The Morgan fingerprint density at radius 2 is 1.84 bits per heavy atom. The summed E-state index contributed by atoms with van der Waals surface area (Å²) in [6.45, 7) is 4.34. The number of hydrogen-bond donors (Lipinski definition) is 1. The molecule has 0 unspecified atom stereocenters. The van der Waals surface area contributed by atoms with Gasteiger partial charge >= 0.3 is 0 Å². The molecule has 2 fully saturated rings. The van der Waals surface area contributed by atoms with E-state index in [0.717, 1.165) is 57.2 Å². The molecule has 3 aliphatic heterocycles. The maximum absolute atomic E-state index is 13.3. The Morgan fingerprint density at radius 1 is 1.10 bits per heavy atom. The van der Waals surface area contributed by atoms with Crippen LogP contribution in [0.5, 0.6) is 0 Å². The third-order valence-electron chi connectivity index (χ3n) is 6.46. The van der Waals surface area contributed by atoms with Gasteiger partial charge in [-0.3, -0.25) is 14.5 Å². The van der Waals surface area contributed by atoms with Gasteiger partial charge in [0.05, 0.1) is 16.3 Å². The highest BCUT2D eigenvalue weighted by Crippen LogP contribution is 2.41. The number of nitrogens with one attached hydrogen (secondary N) is 1. The van der Waals surface area contributed by atoms with E-state index in [-0.39, 0.29) is 29.3 Å². The van der Waals surface area contributed by atoms with E-state index < -0.39 is 10.0 Å². The number of anilines is 2. The topological polar surface area (TPSA) is 90.0 Å². The van der Waals surface area contributed by atoms with E-state index in [2.05, 4.69) is 17.1 Å². The van der Waals surface area contributed by atoms with Crippen molar-refractivity contribution in [2.24, 2.45) is 0 Å². The van der Waals surface area contributed by atoms with Gasteiger partial charge in [-0.25, -0.2) is 8.42 Å². The van der Waals surface area contributed by atoms with E-state index >= 15 is 0 Å². The quantitative estimate of drug-likeness (QED) is 0.645. The molecule has 0 spiro atoms. The molecule has 1 aromatic rings. The van der Waals surface area contributed by atoms with Crippen LogP contribution in [0.15, 0.2) is 23.1 Å². The zero-order valence-electron chi connectivity index (χ0n) is 18.2. The number of carbonyl (C=O) groups excluding carboxylic acids is 2. The van der Waals surface area contributed by atoms with Crippen molar-refractivity contribution in [1.29, 1.82) is 0 Å². The standard InChI is InChI=1S/C22H32N4O4S/c1-2-3-11-23-21(27)16-26-20-15-17(31(29,30)24-12-6-7-13-24)9-10-18(20)25-14-5-4-8-19(25)22(26)28/h9-10,15,19H,2-8,11-14,16H2,1H3,(H,23,27)/t19-/m1/s1. The van der Waals surface area contributed by atoms with Gasteiger partial charge in [-0.05, 0) is 56.7 Å². The summed E-state index contributed by atoms with van der Waals surface area (Å²) < 4.78 is 27.7. The molecule has 9 heteroatoms. The van der Waals surface area contributed by atoms with Gasteiger partial charge in [0.25, 0.3) is 0 Å². The molecule has 4 rings (SSSR count). The summed E-state index contributed by atoms with van der Waals surface area (Å²) in [6, 6.07) is 4.76. The molecule has 2 saturated heterocycles. The highest BCUT2D eigenvalue weighted by atomic mass is 32.2. The second-order valence-corrected chi connectivity index (χ2v) is 10.5. The molecular weight excluding hydrogens is 416 g/mol. The van der Waals surface area contributed by atoms with Crippen molar-refractivity contribution in [2.45, 2.75) is 62.8 Å². The first-order chi connectivity index (χ1) is 14.9. The Morgan fingerprint density at radius 3 is 2.58 bits per heavy atom. The number of unbranched alkanes of at least 4 members (excludes halogenated alkanes) is 1. The number of piperidine rings is 1. The third kappa shape index (κ3) is 4.30. The van der Waals surface area contributed by atoms with Crippen molar-refractivity contribution in [1.82, 2.24) is 9.62 Å². The number of fused-ring (bicyclic) bond motifs is 3. The second-order valence-electron chi connectivity index (χ2n) is 8.59. The van der Waals surface area contributed by atoms with E-state index in [0.29, 0.717) is 25.3 Å².